The van der Waals surface area contributed by atoms with E-state index >= 15 is 0 Å². The second-order valence-electron chi connectivity index (χ2n) is 7.54. The molecule has 1 saturated carbocycles. The second-order valence-corrected chi connectivity index (χ2v) is 7.54. The number of rotatable bonds is 6. The van der Waals surface area contributed by atoms with Gasteiger partial charge in [-0.3, -0.25) is 4.79 Å². The Morgan fingerprint density at radius 3 is 2.62 bits per heavy atom. The van der Waals surface area contributed by atoms with Gasteiger partial charge in [0.1, 0.15) is 12.4 Å². The number of hydrogen-bond acceptors (Lipinski definition) is 3. The molecule has 0 N–H and O–H groups in total. The lowest BCUT2D eigenvalue weighted by Gasteiger charge is -2.22. The minimum absolute atomic E-state index is 0.138. The van der Waals surface area contributed by atoms with Crippen molar-refractivity contribution in [1.29, 1.82) is 0 Å². The number of carbonyl (C=O) groups is 1. The topological polar surface area (TPSA) is 35.5 Å². The average molecular weight is 352 g/mol. The minimum Gasteiger partial charge on any atom is -0.489 e. The van der Waals surface area contributed by atoms with Gasteiger partial charge in [0.15, 0.2) is 0 Å². The molecule has 0 aromatic heterocycles. The predicted octanol–water partition coefficient (Wildman–Crippen LogP) is 5.02. The van der Waals surface area contributed by atoms with Gasteiger partial charge < -0.3 is 9.47 Å². The van der Waals surface area contributed by atoms with Crippen molar-refractivity contribution in [2.45, 2.75) is 57.8 Å². The molecule has 1 aromatic carbocycles. The van der Waals surface area contributed by atoms with Crippen LogP contribution in [0, 0.1) is 17.3 Å². The predicted molar refractivity (Wildman–Crippen MR) is 103 cm³/mol. The summed E-state index contributed by atoms with van der Waals surface area (Å²) in [5.74, 6) is 6.47. The van der Waals surface area contributed by atoms with Crippen molar-refractivity contribution in [3.05, 3.63) is 41.5 Å². The molecule has 138 valence electrons. The SMILES string of the molecule is CC#CC(CC(=O)OC)c1ccc(OCC2=CCC3(CCCC3)C2)cc1. The van der Waals surface area contributed by atoms with Crippen LogP contribution in [0.5, 0.6) is 5.75 Å². The van der Waals surface area contributed by atoms with Crippen molar-refractivity contribution in [3.8, 4) is 17.6 Å². The molecule has 2 aliphatic carbocycles. The molecule has 0 heterocycles. The highest BCUT2D eigenvalue weighted by Gasteiger charge is 2.36. The van der Waals surface area contributed by atoms with Gasteiger partial charge in [0.25, 0.3) is 0 Å². The second kappa shape index (κ2) is 8.45. The Morgan fingerprint density at radius 2 is 1.96 bits per heavy atom. The zero-order valence-corrected chi connectivity index (χ0v) is 15.8. The molecule has 1 unspecified atom stereocenters. The molecule has 0 saturated heterocycles. The molecular weight excluding hydrogens is 324 g/mol. The number of carbonyl (C=O) groups excluding carboxylic acids is 1. The summed E-state index contributed by atoms with van der Waals surface area (Å²) in [6.07, 6.45) is 10.6. The van der Waals surface area contributed by atoms with Gasteiger partial charge in [-0.25, -0.2) is 0 Å². The molecule has 26 heavy (non-hydrogen) atoms. The van der Waals surface area contributed by atoms with E-state index in [1.165, 1.54) is 51.2 Å². The number of esters is 1. The molecule has 1 atom stereocenters. The fraction of sp³-hybridized carbons (Fsp3) is 0.522. The summed E-state index contributed by atoms with van der Waals surface area (Å²) in [6, 6.07) is 7.93. The van der Waals surface area contributed by atoms with Crippen LogP contribution >= 0.6 is 0 Å². The first kappa shape index (κ1) is 18.6. The van der Waals surface area contributed by atoms with E-state index in [2.05, 4.69) is 17.9 Å². The van der Waals surface area contributed by atoms with Crippen LogP contribution in [-0.4, -0.2) is 19.7 Å². The third kappa shape index (κ3) is 4.49. The first-order chi connectivity index (χ1) is 12.6. The third-order valence-corrected chi connectivity index (χ3v) is 5.71. The van der Waals surface area contributed by atoms with Gasteiger partial charge in [-0.2, -0.15) is 0 Å². The van der Waals surface area contributed by atoms with E-state index in [0.29, 0.717) is 12.0 Å². The van der Waals surface area contributed by atoms with Crippen LogP contribution in [0.3, 0.4) is 0 Å². The molecule has 0 aliphatic heterocycles. The highest BCUT2D eigenvalue weighted by Crippen LogP contribution is 2.49. The van der Waals surface area contributed by atoms with Crippen LogP contribution in [-0.2, 0) is 9.53 Å². The number of methoxy groups -OCH3 is 1. The Labute approximate surface area is 156 Å². The van der Waals surface area contributed by atoms with Crippen molar-refractivity contribution >= 4 is 5.97 Å². The molecule has 3 rings (SSSR count). The highest BCUT2D eigenvalue weighted by molar-refractivity contribution is 5.71. The summed E-state index contributed by atoms with van der Waals surface area (Å²) in [5.41, 5.74) is 3.01. The number of hydrogen-bond donors (Lipinski definition) is 0. The summed E-state index contributed by atoms with van der Waals surface area (Å²) in [6.45, 7) is 2.47. The zero-order chi connectivity index (χ0) is 18.4. The molecule has 1 aromatic rings. The first-order valence-electron chi connectivity index (χ1n) is 9.54. The third-order valence-electron chi connectivity index (χ3n) is 5.71. The maximum Gasteiger partial charge on any atom is 0.307 e. The van der Waals surface area contributed by atoms with Crippen molar-refractivity contribution in [2.24, 2.45) is 5.41 Å². The summed E-state index contributed by atoms with van der Waals surface area (Å²) in [4.78, 5) is 11.6. The van der Waals surface area contributed by atoms with Gasteiger partial charge in [-0.05, 0) is 61.3 Å². The maximum atomic E-state index is 11.6. The fourth-order valence-corrected chi connectivity index (χ4v) is 4.25. The van der Waals surface area contributed by atoms with E-state index in [1.54, 1.807) is 6.92 Å². The minimum atomic E-state index is -0.243. The average Bonchev–Trinajstić information content (AvgIpc) is 3.29. The zero-order valence-electron chi connectivity index (χ0n) is 15.8. The van der Waals surface area contributed by atoms with Crippen LogP contribution in [0.15, 0.2) is 35.9 Å². The lowest BCUT2D eigenvalue weighted by molar-refractivity contribution is -0.140. The molecule has 1 fully saturated rings. The first-order valence-corrected chi connectivity index (χ1v) is 9.54. The fourth-order valence-electron chi connectivity index (χ4n) is 4.25. The van der Waals surface area contributed by atoms with Crippen molar-refractivity contribution in [3.63, 3.8) is 0 Å². The maximum absolute atomic E-state index is 11.6. The Hall–Kier alpha value is -2.21. The Balaban J connectivity index is 1.55. The van der Waals surface area contributed by atoms with Crippen molar-refractivity contribution in [1.82, 2.24) is 0 Å². The van der Waals surface area contributed by atoms with Gasteiger partial charge in [0, 0.05) is 0 Å². The van der Waals surface area contributed by atoms with E-state index in [9.17, 15) is 4.79 Å². The van der Waals surface area contributed by atoms with E-state index in [-0.39, 0.29) is 18.3 Å². The monoisotopic (exact) mass is 352 g/mol. The van der Waals surface area contributed by atoms with Gasteiger partial charge in [0.05, 0.1) is 19.4 Å². The molecule has 3 heteroatoms. The molecule has 0 amide bonds. The molecule has 0 radical (unpaired) electrons. The smallest absolute Gasteiger partial charge is 0.307 e. The Morgan fingerprint density at radius 1 is 1.23 bits per heavy atom. The van der Waals surface area contributed by atoms with Crippen LogP contribution in [0.1, 0.15) is 63.4 Å². The van der Waals surface area contributed by atoms with Gasteiger partial charge in [0.2, 0.25) is 0 Å². The summed E-state index contributed by atoms with van der Waals surface area (Å²) >= 11 is 0. The van der Waals surface area contributed by atoms with Gasteiger partial charge in [-0.15, -0.1) is 5.92 Å². The van der Waals surface area contributed by atoms with Crippen LogP contribution in [0.4, 0.5) is 0 Å². The van der Waals surface area contributed by atoms with E-state index in [1.807, 2.05) is 24.3 Å². The Bertz CT molecular complexity index is 712. The van der Waals surface area contributed by atoms with Crippen LogP contribution in [0.25, 0.3) is 0 Å². The quantitative estimate of drug-likeness (QED) is 0.410. The number of ether oxygens (including phenoxy) is 2. The summed E-state index contributed by atoms with van der Waals surface area (Å²) in [5, 5.41) is 0. The number of benzene rings is 1. The lowest BCUT2D eigenvalue weighted by atomic mass is 9.83. The van der Waals surface area contributed by atoms with Crippen molar-refractivity contribution < 1.29 is 14.3 Å². The molecular formula is C23H28O3. The highest BCUT2D eigenvalue weighted by atomic mass is 16.5. The Kier molecular flexibility index (Phi) is 6.04. The van der Waals surface area contributed by atoms with Crippen molar-refractivity contribution in [2.75, 3.05) is 13.7 Å². The molecule has 1 spiro atoms. The standard InChI is InChI=1S/C23H28O3/c1-3-6-20(15-22(24)25-2)19-7-9-21(10-8-19)26-17-18-11-14-23(16-18)12-4-5-13-23/h7-11,20H,4-5,12-17H2,1-2H3. The molecule has 0 bridgehead atoms. The summed E-state index contributed by atoms with van der Waals surface area (Å²) < 4.78 is 10.8. The lowest BCUT2D eigenvalue weighted by Crippen LogP contribution is -2.12. The number of allylic oxidation sites excluding steroid dienone is 1. The van der Waals surface area contributed by atoms with Gasteiger partial charge in [-0.1, -0.05) is 37.0 Å². The van der Waals surface area contributed by atoms with Crippen LogP contribution < -0.4 is 4.74 Å². The summed E-state index contributed by atoms with van der Waals surface area (Å²) in [7, 11) is 1.41. The molecule has 3 nitrogen and oxygen atoms in total. The van der Waals surface area contributed by atoms with E-state index in [0.717, 1.165) is 11.3 Å². The van der Waals surface area contributed by atoms with E-state index < -0.39 is 0 Å². The van der Waals surface area contributed by atoms with E-state index in [4.69, 9.17) is 9.47 Å². The van der Waals surface area contributed by atoms with Gasteiger partial charge >= 0.3 is 5.97 Å². The van der Waals surface area contributed by atoms with Crippen LogP contribution in [0.2, 0.25) is 0 Å². The largest absolute Gasteiger partial charge is 0.489 e. The normalized spacial score (nSPS) is 18.8. The molecule has 2 aliphatic rings.